The fourth-order valence-electron chi connectivity index (χ4n) is 2.65. The molecule has 20 heavy (non-hydrogen) atoms. The Kier molecular flexibility index (Phi) is 5.18. The van der Waals surface area contributed by atoms with Crippen molar-refractivity contribution in [1.82, 2.24) is 15.1 Å². The first kappa shape index (κ1) is 15.0. The normalized spacial score (nSPS) is 13.2. The third-order valence-corrected chi connectivity index (χ3v) is 3.88. The maximum absolute atomic E-state index is 4.71. The molecule has 0 aliphatic rings. The Bertz CT molecular complexity index is 542. The van der Waals surface area contributed by atoms with Crippen molar-refractivity contribution in [3.05, 3.63) is 30.0 Å². The van der Waals surface area contributed by atoms with E-state index in [1.54, 1.807) is 0 Å². The fraction of sp³-hybridized carbons (Fsp3) is 0.588. The van der Waals surface area contributed by atoms with Gasteiger partial charge in [0.1, 0.15) is 0 Å². The van der Waals surface area contributed by atoms with E-state index in [9.17, 15) is 0 Å². The van der Waals surface area contributed by atoms with E-state index < -0.39 is 0 Å². The molecule has 1 atom stereocenters. The minimum Gasteiger partial charge on any atom is -0.316 e. The van der Waals surface area contributed by atoms with Gasteiger partial charge >= 0.3 is 0 Å². The quantitative estimate of drug-likeness (QED) is 0.838. The van der Waals surface area contributed by atoms with Gasteiger partial charge in [-0.2, -0.15) is 5.10 Å². The second kappa shape index (κ2) is 6.89. The Morgan fingerprint density at radius 1 is 1.20 bits per heavy atom. The lowest BCUT2D eigenvalue weighted by Crippen LogP contribution is -2.27. The van der Waals surface area contributed by atoms with Crippen LogP contribution >= 0.6 is 0 Å². The summed E-state index contributed by atoms with van der Waals surface area (Å²) in [5.74, 6) is 1.37. The van der Waals surface area contributed by atoms with E-state index in [-0.39, 0.29) is 0 Å². The van der Waals surface area contributed by atoms with E-state index in [1.807, 2.05) is 11.7 Å². The average molecular weight is 273 g/mol. The van der Waals surface area contributed by atoms with Crippen molar-refractivity contribution in [2.45, 2.75) is 33.6 Å². The molecule has 0 fully saturated rings. The van der Waals surface area contributed by atoms with Crippen LogP contribution in [0.2, 0.25) is 0 Å². The van der Waals surface area contributed by atoms with Gasteiger partial charge < -0.3 is 5.32 Å². The van der Waals surface area contributed by atoms with Crippen LogP contribution in [0.3, 0.4) is 0 Å². The molecular weight excluding hydrogens is 246 g/mol. The van der Waals surface area contributed by atoms with Crippen LogP contribution in [0.4, 0.5) is 0 Å². The number of para-hydroxylation sites is 1. The summed E-state index contributed by atoms with van der Waals surface area (Å²) < 4.78 is 2.00. The Labute approximate surface area is 122 Å². The summed E-state index contributed by atoms with van der Waals surface area (Å²) in [5, 5.41) is 9.59. The Morgan fingerprint density at radius 3 is 2.65 bits per heavy atom. The van der Waals surface area contributed by atoms with Crippen LogP contribution in [0.25, 0.3) is 10.9 Å². The van der Waals surface area contributed by atoms with Gasteiger partial charge in [0.25, 0.3) is 0 Å². The molecule has 0 spiro atoms. The number of nitrogens with one attached hydrogen (secondary N) is 1. The minimum absolute atomic E-state index is 0.659. The predicted molar refractivity (Wildman–Crippen MR) is 85.9 cm³/mol. The van der Waals surface area contributed by atoms with Crippen LogP contribution in [0, 0.1) is 11.8 Å². The van der Waals surface area contributed by atoms with Gasteiger partial charge in [-0.05, 0) is 37.4 Å². The van der Waals surface area contributed by atoms with Crippen molar-refractivity contribution < 1.29 is 0 Å². The fourth-order valence-corrected chi connectivity index (χ4v) is 2.65. The molecule has 3 nitrogen and oxygen atoms in total. The molecule has 2 rings (SSSR count). The van der Waals surface area contributed by atoms with Gasteiger partial charge in [0.05, 0.1) is 11.2 Å². The van der Waals surface area contributed by atoms with Gasteiger partial charge in [0.15, 0.2) is 0 Å². The molecule has 0 aliphatic carbocycles. The number of fused-ring (bicyclic) bond motifs is 1. The highest BCUT2D eigenvalue weighted by Crippen LogP contribution is 2.21. The van der Waals surface area contributed by atoms with E-state index in [0.29, 0.717) is 11.8 Å². The summed E-state index contributed by atoms with van der Waals surface area (Å²) in [6.07, 6.45) is 2.25. The first-order chi connectivity index (χ1) is 9.61. The van der Waals surface area contributed by atoms with Crippen molar-refractivity contribution >= 4 is 10.9 Å². The van der Waals surface area contributed by atoms with Gasteiger partial charge in [-0.25, -0.2) is 0 Å². The maximum Gasteiger partial charge on any atom is 0.0706 e. The van der Waals surface area contributed by atoms with Crippen molar-refractivity contribution in [1.29, 1.82) is 0 Å². The summed E-state index contributed by atoms with van der Waals surface area (Å²) in [5.41, 5.74) is 2.47. The van der Waals surface area contributed by atoms with Crippen LogP contribution in [0.5, 0.6) is 0 Å². The summed E-state index contributed by atoms with van der Waals surface area (Å²) in [7, 11) is 2.03. The molecule has 0 aliphatic heterocycles. The van der Waals surface area contributed by atoms with Crippen molar-refractivity contribution in [3.63, 3.8) is 0 Å². The van der Waals surface area contributed by atoms with E-state index >= 15 is 0 Å². The number of rotatable bonds is 7. The average Bonchev–Trinajstić information content (AvgIpc) is 2.74. The first-order valence-corrected chi connectivity index (χ1v) is 7.73. The zero-order valence-electron chi connectivity index (χ0n) is 13.2. The first-order valence-electron chi connectivity index (χ1n) is 7.73. The van der Waals surface area contributed by atoms with Crippen molar-refractivity contribution in [3.8, 4) is 0 Å². The van der Waals surface area contributed by atoms with E-state index in [1.165, 1.54) is 23.0 Å². The molecule has 110 valence electrons. The van der Waals surface area contributed by atoms with E-state index in [0.717, 1.165) is 19.5 Å². The Hall–Kier alpha value is -1.35. The number of hydrogen-bond donors (Lipinski definition) is 1. The zero-order valence-corrected chi connectivity index (χ0v) is 13.2. The lowest BCUT2D eigenvalue weighted by atomic mass is 9.98. The minimum atomic E-state index is 0.659. The van der Waals surface area contributed by atoms with Crippen molar-refractivity contribution in [2.75, 3.05) is 13.1 Å². The molecule has 1 heterocycles. The number of aryl methyl sites for hydroxylation is 1. The van der Waals surface area contributed by atoms with Gasteiger partial charge in [-0.3, -0.25) is 4.68 Å². The zero-order chi connectivity index (χ0) is 14.5. The van der Waals surface area contributed by atoms with Gasteiger partial charge in [0.2, 0.25) is 0 Å². The van der Waals surface area contributed by atoms with Crippen molar-refractivity contribution in [2.24, 2.45) is 18.9 Å². The van der Waals surface area contributed by atoms with Crippen LogP contribution < -0.4 is 5.32 Å². The van der Waals surface area contributed by atoms with Gasteiger partial charge in [-0.15, -0.1) is 0 Å². The van der Waals surface area contributed by atoms with Crippen LogP contribution in [0.1, 0.15) is 32.9 Å². The highest BCUT2D eigenvalue weighted by Gasteiger charge is 2.13. The molecule has 1 aromatic carbocycles. The molecule has 0 amide bonds. The lowest BCUT2D eigenvalue weighted by Gasteiger charge is -2.16. The number of aromatic nitrogens is 2. The Balaban J connectivity index is 2.06. The van der Waals surface area contributed by atoms with E-state index in [4.69, 9.17) is 5.10 Å². The number of nitrogens with zero attached hydrogens (tertiary/aromatic N) is 2. The Morgan fingerprint density at radius 2 is 1.95 bits per heavy atom. The molecule has 0 saturated heterocycles. The number of hydrogen-bond acceptors (Lipinski definition) is 2. The SMILES string of the molecule is CCC(CNCC(C)C)Cc1nn(C)c2ccccc12. The standard InChI is InChI=1S/C17H27N3/c1-5-14(12-18-11-13(2)3)10-16-15-8-6-7-9-17(15)20(4)19-16/h6-9,13-14,18H,5,10-12H2,1-4H3. The van der Waals surface area contributed by atoms with Gasteiger partial charge in [0, 0.05) is 12.4 Å². The highest BCUT2D eigenvalue weighted by molar-refractivity contribution is 5.81. The summed E-state index contributed by atoms with van der Waals surface area (Å²) in [6, 6.07) is 8.51. The lowest BCUT2D eigenvalue weighted by molar-refractivity contribution is 0.434. The second-order valence-corrected chi connectivity index (χ2v) is 6.12. The van der Waals surface area contributed by atoms with Crippen LogP contribution in [-0.4, -0.2) is 22.9 Å². The molecule has 3 heteroatoms. The molecule has 1 N–H and O–H groups in total. The third kappa shape index (κ3) is 3.60. The molecule has 0 saturated carbocycles. The largest absolute Gasteiger partial charge is 0.316 e. The maximum atomic E-state index is 4.71. The smallest absolute Gasteiger partial charge is 0.0706 e. The molecule has 2 aromatic rings. The van der Waals surface area contributed by atoms with Gasteiger partial charge in [-0.1, -0.05) is 45.4 Å². The molecule has 0 bridgehead atoms. The predicted octanol–water partition coefficient (Wildman–Crippen LogP) is 3.39. The van der Waals surface area contributed by atoms with Crippen LogP contribution in [-0.2, 0) is 13.5 Å². The molecule has 1 aromatic heterocycles. The van der Waals surface area contributed by atoms with Crippen LogP contribution in [0.15, 0.2) is 24.3 Å². The summed E-state index contributed by atoms with van der Waals surface area (Å²) >= 11 is 0. The molecular formula is C17H27N3. The summed E-state index contributed by atoms with van der Waals surface area (Å²) in [4.78, 5) is 0. The summed E-state index contributed by atoms with van der Waals surface area (Å²) in [6.45, 7) is 8.95. The van der Waals surface area contributed by atoms with E-state index in [2.05, 4.69) is 50.4 Å². The highest BCUT2D eigenvalue weighted by atomic mass is 15.3. The molecule has 0 radical (unpaired) electrons. The topological polar surface area (TPSA) is 29.9 Å². The molecule has 1 unspecified atom stereocenters. The number of benzene rings is 1. The monoisotopic (exact) mass is 273 g/mol. The second-order valence-electron chi connectivity index (χ2n) is 6.12. The third-order valence-electron chi connectivity index (χ3n) is 3.88.